The summed E-state index contributed by atoms with van der Waals surface area (Å²) in [4.78, 5) is 17.3. The maximum atomic E-state index is 13.8. The van der Waals surface area contributed by atoms with Crippen molar-refractivity contribution in [2.24, 2.45) is 0 Å². The minimum atomic E-state index is -4.84. The lowest BCUT2D eigenvalue weighted by Gasteiger charge is -2.12. The van der Waals surface area contributed by atoms with E-state index in [4.69, 9.17) is 4.74 Å². The number of halogens is 4. The third kappa shape index (κ3) is 5.13. The monoisotopic (exact) mass is 547 g/mol. The molecule has 4 aromatic rings. The second kappa shape index (κ2) is 9.94. The zero-order valence-electron chi connectivity index (χ0n) is 17.7. The quantitative estimate of drug-likeness (QED) is 0.241. The third-order valence-electron chi connectivity index (χ3n) is 4.74. The molecule has 0 bridgehead atoms. The van der Waals surface area contributed by atoms with Gasteiger partial charge in [0, 0.05) is 4.47 Å². The average molecular weight is 548 g/mol. The lowest BCUT2D eigenvalue weighted by molar-refractivity contribution is -0.143. The molecule has 0 N–H and O–H groups in total. The van der Waals surface area contributed by atoms with Crippen molar-refractivity contribution in [3.8, 4) is 16.4 Å². The van der Waals surface area contributed by atoms with Crippen molar-refractivity contribution in [1.29, 1.82) is 0 Å². The summed E-state index contributed by atoms with van der Waals surface area (Å²) < 4.78 is 47.9. The highest BCUT2D eigenvalue weighted by Gasteiger charge is 2.41. The molecule has 5 nitrogen and oxygen atoms in total. The Morgan fingerprint density at radius 2 is 1.91 bits per heavy atom. The molecular weight excluding hydrogens is 531 g/mol. The molecule has 1 aromatic carbocycles. The lowest BCUT2D eigenvalue weighted by Crippen LogP contribution is -2.19. The molecule has 0 aliphatic carbocycles. The van der Waals surface area contributed by atoms with Crippen LogP contribution >= 0.6 is 27.3 Å². The Bertz CT molecular complexity index is 1340. The SMILES string of the molecule is CCOC(=O)c1cnn(-c2cccc(-c3sccc3C=Cc3ccc(Br)cc3)n2)c1C(F)(F)F. The Morgan fingerprint density at radius 3 is 2.62 bits per heavy atom. The number of hydrogen-bond acceptors (Lipinski definition) is 5. The molecule has 0 aliphatic rings. The Balaban J connectivity index is 1.72. The van der Waals surface area contributed by atoms with Crippen LogP contribution in [0.4, 0.5) is 13.2 Å². The molecule has 3 aromatic heterocycles. The Morgan fingerprint density at radius 1 is 1.15 bits per heavy atom. The molecule has 4 rings (SSSR count). The first-order valence-corrected chi connectivity index (χ1v) is 11.8. The summed E-state index contributed by atoms with van der Waals surface area (Å²) in [5.74, 6) is -1.15. The van der Waals surface area contributed by atoms with Gasteiger partial charge < -0.3 is 4.74 Å². The average Bonchev–Trinajstić information content (AvgIpc) is 3.46. The number of ether oxygens (including phenoxy) is 1. The molecule has 10 heteroatoms. The third-order valence-corrected chi connectivity index (χ3v) is 6.22. The van der Waals surface area contributed by atoms with Crippen LogP contribution in [0, 0.1) is 0 Å². The molecule has 34 heavy (non-hydrogen) atoms. The van der Waals surface area contributed by atoms with E-state index in [0.717, 1.165) is 26.7 Å². The van der Waals surface area contributed by atoms with Crippen LogP contribution in [0.2, 0.25) is 0 Å². The van der Waals surface area contributed by atoms with E-state index >= 15 is 0 Å². The molecular formula is C24H17BrF3N3O2S. The number of thiophene rings is 1. The fourth-order valence-electron chi connectivity index (χ4n) is 3.24. The topological polar surface area (TPSA) is 57.0 Å². The maximum absolute atomic E-state index is 13.8. The maximum Gasteiger partial charge on any atom is 0.434 e. The van der Waals surface area contributed by atoms with E-state index in [9.17, 15) is 18.0 Å². The van der Waals surface area contributed by atoms with Crippen LogP contribution in [-0.2, 0) is 10.9 Å². The summed E-state index contributed by atoms with van der Waals surface area (Å²) in [6.45, 7) is 1.47. The molecule has 0 saturated heterocycles. The highest BCUT2D eigenvalue weighted by Crippen LogP contribution is 2.35. The van der Waals surface area contributed by atoms with E-state index in [1.165, 1.54) is 24.3 Å². The van der Waals surface area contributed by atoms with Crippen LogP contribution in [0.15, 0.2) is 64.6 Å². The number of carbonyl (C=O) groups excluding carboxylic acids is 1. The van der Waals surface area contributed by atoms with Gasteiger partial charge in [-0.1, -0.05) is 46.3 Å². The minimum Gasteiger partial charge on any atom is -0.462 e. The normalized spacial score (nSPS) is 11.8. The predicted octanol–water partition coefficient (Wildman–Crippen LogP) is 7.12. The zero-order valence-corrected chi connectivity index (χ0v) is 20.1. The predicted molar refractivity (Wildman–Crippen MR) is 129 cm³/mol. The smallest absolute Gasteiger partial charge is 0.434 e. The molecule has 0 unspecified atom stereocenters. The van der Waals surface area contributed by atoms with Crippen molar-refractivity contribution in [1.82, 2.24) is 14.8 Å². The van der Waals surface area contributed by atoms with E-state index in [-0.39, 0.29) is 12.4 Å². The number of hydrogen-bond donors (Lipinski definition) is 0. The first-order chi connectivity index (χ1) is 16.3. The second-order valence-electron chi connectivity index (χ2n) is 7.01. The van der Waals surface area contributed by atoms with Crippen LogP contribution in [0.25, 0.3) is 28.5 Å². The fraction of sp³-hybridized carbons (Fsp3) is 0.125. The molecule has 174 valence electrons. The van der Waals surface area contributed by atoms with Gasteiger partial charge in [-0.2, -0.15) is 18.3 Å². The number of esters is 1. The Kier molecular flexibility index (Phi) is 6.99. The standard InChI is InChI=1S/C24H17BrF3N3O2S/c1-2-33-23(32)18-14-29-31(22(18)24(26,27)28)20-5-3-4-19(30-20)21-16(12-13-34-21)9-6-15-7-10-17(25)11-8-15/h3-14H,2H2,1H3. The first kappa shape index (κ1) is 23.9. The van der Waals surface area contributed by atoms with Crippen LogP contribution in [0.1, 0.15) is 34.1 Å². The molecule has 0 fully saturated rings. The van der Waals surface area contributed by atoms with Gasteiger partial charge in [-0.3, -0.25) is 0 Å². The molecule has 0 atom stereocenters. The number of pyridine rings is 1. The second-order valence-corrected chi connectivity index (χ2v) is 8.84. The highest BCUT2D eigenvalue weighted by atomic mass is 79.9. The fourth-order valence-corrected chi connectivity index (χ4v) is 4.36. The summed E-state index contributed by atoms with van der Waals surface area (Å²) in [6, 6.07) is 14.4. The van der Waals surface area contributed by atoms with Crippen LogP contribution in [0.3, 0.4) is 0 Å². The molecule has 0 amide bonds. The van der Waals surface area contributed by atoms with Crippen molar-refractivity contribution in [3.05, 3.63) is 87.0 Å². The van der Waals surface area contributed by atoms with E-state index in [2.05, 4.69) is 26.0 Å². The van der Waals surface area contributed by atoms with Crippen molar-refractivity contribution >= 4 is 45.4 Å². The highest BCUT2D eigenvalue weighted by molar-refractivity contribution is 9.10. The van der Waals surface area contributed by atoms with Gasteiger partial charge in [0.15, 0.2) is 11.5 Å². The molecule has 0 saturated carbocycles. The summed E-state index contributed by atoms with van der Waals surface area (Å²) >= 11 is 4.83. The number of benzene rings is 1. The van der Waals surface area contributed by atoms with Gasteiger partial charge in [0.2, 0.25) is 0 Å². The number of aromatic nitrogens is 3. The van der Waals surface area contributed by atoms with Gasteiger partial charge in [-0.15, -0.1) is 11.3 Å². The summed E-state index contributed by atoms with van der Waals surface area (Å²) in [5, 5.41) is 5.69. The van der Waals surface area contributed by atoms with Crippen LogP contribution in [-0.4, -0.2) is 27.3 Å². The van der Waals surface area contributed by atoms with Gasteiger partial charge in [0.05, 0.1) is 23.4 Å². The van der Waals surface area contributed by atoms with Crippen molar-refractivity contribution < 1.29 is 22.7 Å². The van der Waals surface area contributed by atoms with E-state index in [1.54, 1.807) is 12.1 Å². The Labute approximate surface area is 205 Å². The van der Waals surface area contributed by atoms with Crippen molar-refractivity contribution in [2.75, 3.05) is 6.61 Å². The number of rotatable bonds is 6. The van der Waals surface area contributed by atoms with Crippen molar-refractivity contribution in [3.63, 3.8) is 0 Å². The summed E-state index contributed by atoms with van der Waals surface area (Å²) in [6.07, 6.45) is -0.107. The van der Waals surface area contributed by atoms with Crippen molar-refractivity contribution in [2.45, 2.75) is 13.1 Å². The minimum absolute atomic E-state index is 0.0516. The molecule has 0 aliphatic heterocycles. The summed E-state index contributed by atoms with van der Waals surface area (Å²) in [5.41, 5.74) is 0.485. The van der Waals surface area contributed by atoms with Gasteiger partial charge in [0.25, 0.3) is 0 Å². The zero-order chi connectivity index (χ0) is 24.3. The Hall–Kier alpha value is -3.24. The molecule has 0 radical (unpaired) electrons. The largest absolute Gasteiger partial charge is 0.462 e. The summed E-state index contributed by atoms with van der Waals surface area (Å²) in [7, 11) is 0. The van der Waals surface area contributed by atoms with Gasteiger partial charge in [0.1, 0.15) is 5.56 Å². The number of alkyl halides is 3. The molecule has 3 heterocycles. The number of carbonyl (C=O) groups is 1. The van der Waals surface area contributed by atoms with E-state index in [0.29, 0.717) is 10.4 Å². The van der Waals surface area contributed by atoms with Gasteiger partial charge >= 0.3 is 12.1 Å². The van der Waals surface area contributed by atoms with Gasteiger partial charge in [-0.25, -0.2) is 14.5 Å². The molecule has 0 spiro atoms. The van der Waals surface area contributed by atoms with Crippen LogP contribution < -0.4 is 0 Å². The van der Waals surface area contributed by atoms with Gasteiger partial charge in [-0.05, 0) is 53.8 Å². The van der Waals surface area contributed by atoms with E-state index in [1.807, 2.05) is 47.9 Å². The first-order valence-electron chi connectivity index (χ1n) is 10.1. The van der Waals surface area contributed by atoms with Crippen LogP contribution in [0.5, 0.6) is 0 Å². The lowest BCUT2D eigenvalue weighted by atomic mass is 10.1. The van der Waals surface area contributed by atoms with E-state index < -0.39 is 23.4 Å². The number of nitrogens with zero attached hydrogens (tertiary/aromatic N) is 3.